The van der Waals surface area contributed by atoms with Crippen molar-refractivity contribution in [3.8, 4) is 0 Å². The van der Waals surface area contributed by atoms with Crippen LogP contribution in [0, 0.1) is 0 Å². The van der Waals surface area contributed by atoms with E-state index in [4.69, 9.17) is 15.0 Å². The van der Waals surface area contributed by atoms with Crippen LogP contribution in [0.3, 0.4) is 0 Å². The molecule has 1 aliphatic rings. The first kappa shape index (κ1) is 27.3. The van der Waals surface area contributed by atoms with Crippen molar-refractivity contribution in [2.45, 2.75) is 37.8 Å². The Hall–Kier alpha value is -1.29. The van der Waals surface area contributed by atoms with E-state index in [0.29, 0.717) is 0 Å². The molecule has 0 unspecified atom stereocenters. The van der Waals surface area contributed by atoms with Gasteiger partial charge in [-0.3, -0.25) is 0 Å². The molecule has 0 atom stereocenters. The first-order valence-corrected chi connectivity index (χ1v) is 15.7. The van der Waals surface area contributed by atoms with Crippen molar-refractivity contribution in [2.24, 2.45) is 0 Å². The van der Waals surface area contributed by atoms with E-state index in [9.17, 15) is 0 Å². The Morgan fingerprint density at radius 3 is 1.15 bits per heavy atom. The molecule has 0 N–H and O–H groups in total. The van der Waals surface area contributed by atoms with Gasteiger partial charge in [-0.1, -0.05) is 79.9 Å². The van der Waals surface area contributed by atoms with Gasteiger partial charge in [0.1, 0.15) is 0 Å². The van der Waals surface area contributed by atoms with Crippen LogP contribution >= 0.6 is 14.6 Å². The molecule has 1 saturated carbocycles. The van der Waals surface area contributed by atoms with Crippen molar-refractivity contribution in [3.63, 3.8) is 0 Å². The molecule has 1 fully saturated rings. The summed E-state index contributed by atoms with van der Waals surface area (Å²) in [7, 11) is -0.169. The molecular formula is C30H31BrNiP2. The standard InChI is InChI=1S/C18H21P.C12H10P.BrH.Ni/c1-4-10-16(11-5-1)19(17-12-6-2-7-13-17)18-14-8-3-9-15-18;1-3-7-11(8-4-1)13-12-9-5-2-6-10-12;;/h1-2,4-7,10-13,18H,3,8-9,14-15H2;1-10H;1H;/q;-1;;+2/p-1. The minimum absolute atomic E-state index is 0. The van der Waals surface area contributed by atoms with Crippen molar-refractivity contribution in [1.29, 1.82) is 0 Å². The number of halogens is 1. The first-order valence-electron chi connectivity index (χ1n) is 11.8. The van der Waals surface area contributed by atoms with Gasteiger partial charge in [0.2, 0.25) is 0 Å². The Morgan fingerprint density at radius 1 is 0.471 bits per heavy atom. The zero-order valence-electron chi connectivity index (χ0n) is 19.2. The van der Waals surface area contributed by atoms with E-state index in [-0.39, 0.29) is 24.9 Å². The molecule has 0 aliphatic heterocycles. The maximum atomic E-state index is 5.21. The molecule has 4 heteroatoms. The molecule has 4 aromatic rings. The van der Waals surface area contributed by atoms with Crippen molar-refractivity contribution < 1.29 is 32.0 Å². The van der Waals surface area contributed by atoms with Crippen LogP contribution in [-0.4, -0.2) is 5.66 Å². The largest absolute Gasteiger partial charge is 0.0622 e. The summed E-state index contributed by atoms with van der Waals surface area (Å²) in [6.45, 7) is -0.546. The fraction of sp³-hybridized carbons (Fsp3) is 0.200. The van der Waals surface area contributed by atoms with E-state index < -0.39 is 6.70 Å². The SMILES string of the molecule is [Br-].[Ni+][P](c1ccccc1)c1ccccc1.c1ccc(P(c2ccccc2)C2CCCCC2)cc1. The molecular weight excluding hydrogens is 561 g/mol. The molecule has 0 saturated heterocycles. The number of hydrogen-bond acceptors (Lipinski definition) is 0. The van der Waals surface area contributed by atoms with Gasteiger partial charge >= 0.3 is 93.0 Å². The third-order valence-corrected chi connectivity index (χ3v) is 11.9. The molecule has 0 spiro atoms. The molecule has 178 valence electrons. The van der Waals surface area contributed by atoms with Gasteiger partial charge in [-0.2, -0.15) is 0 Å². The summed E-state index contributed by atoms with van der Waals surface area (Å²) in [5.74, 6) is 0. The normalized spacial score (nSPS) is 13.6. The number of rotatable bonds is 5. The summed E-state index contributed by atoms with van der Waals surface area (Å²) in [5, 5.41) is 5.65. The third kappa shape index (κ3) is 7.87. The quantitative estimate of drug-likeness (QED) is 0.243. The summed E-state index contributed by atoms with van der Waals surface area (Å²) in [4.78, 5) is 0. The Morgan fingerprint density at radius 2 is 0.794 bits per heavy atom. The van der Waals surface area contributed by atoms with Crippen molar-refractivity contribution >= 4 is 35.8 Å². The van der Waals surface area contributed by atoms with Gasteiger partial charge in [-0.05, 0) is 37.0 Å². The van der Waals surface area contributed by atoms with Gasteiger partial charge in [-0.25, -0.2) is 0 Å². The molecule has 0 bridgehead atoms. The molecule has 0 radical (unpaired) electrons. The maximum absolute atomic E-state index is 5.21. The second-order valence-corrected chi connectivity index (χ2v) is 13.6. The smallest absolute Gasteiger partial charge is 0.0129 e. The van der Waals surface area contributed by atoms with Crippen LogP contribution < -0.4 is 38.2 Å². The minimum Gasteiger partial charge on any atom is -0.0622 e. The zero-order chi connectivity index (χ0) is 22.7. The monoisotopic (exact) mass is 590 g/mol. The predicted molar refractivity (Wildman–Crippen MR) is 145 cm³/mol. The van der Waals surface area contributed by atoms with Crippen LogP contribution in [0.5, 0.6) is 0 Å². The van der Waals surface area contributed by atoms with Crippen molar-refractivity contribution in [3.05, 3.63) is 121 Å². The average molecular weight is 592 g/mol. The van der Waals surface area contributed by atoms with Crippen LogP contribution in [0.4, 0.5) is 0 Å². The molecule has 0 heterocycles. The van der Waals surface area contributed by atoms with E-state index in [1.54, 1.807) is 10.6 Å². The first-order chi connectivity index (χ1) is 16.3. The van der Waals surface area contributed by atoms with Crippen LogP contribution in [0.15, 0.2) is 121 Å². The molecule has 1 aliphatic carbocycles. The maximum Gasteiger partial charge on any atom is -0.0129 e. The van der Waals surface area contributed by atoms with Gasteiger partial charge in [0.15, 0.2) is 0 Å². The molecule has 4 aromatic carbocycles. The van der Waals surface area contributed by atoms with Crippen molar-refractivity contribution in [1.82, 2.24) is 0 Å². The molecule has 0 amide bonds. The van der Waals surface area contributed by atoms with E-state index in [1.807, 2.05) is 36.4 Å². The van der Waals surface area contributed by atoms with Crippen LogP contribution in [-0.2, 0) is 15.0 Å². The molecule has 0 aromatic heterocycles. The molecule has 5 rings (SSSR count). The summed E-state index contributed by atoms with van der Waals surface area (Å²) >= 11 is 5.21. The van der Waals surface area contributed by atoms with E-state index in [1.165, 1.54) is 42.7 Å². The molecule has 34 heavy (non-hydrogen) atoms. The molecule has 0 nitrogen and oxygen atoms in total. The summed E-state index contributed by atoms with van der Waals surface area (Å²) in [6.07, 6.45) is 7.10. The topological polar surface area (TPSA) is 0 Å². The Bertz CT molecular complexity index is 977. The Balaban J connectivity index is 0.000000193. The van der Waals surface area contributed by atoms with Gasteiger partial charge in [0, 0.05) is 0 Å². The van der Waals surface area contributed by atoms with Crippen LogP contribution in [0.1, 0.15) is 32.1 Å². The van der Waals surface area contributed by atoms with Gasteiger partial charge < -0.3 is 17.0 Å². The second-order valence-electron chi connectivity index (χ2n) is 8.26. The second kappa shape index (κ2) is 15.0. The number of benzene rings is 4. The summed E-state index contributed by atoms with van der Waals surface area (Å²) in [6, 6.07) is 43.0. The summed E-state index contributed by atoms with van der Waals surface area (Å²) in [5.41, 5.74) is 0.883. The number of hydrogen-bond donors (Lipinski definition) is 0. The van der Waals surface area contributed by atoms with Crippen LogP contribution in [0.2, 0.25) is 0 Å². The van der Waals surface area contributed by atoms with Gasteiger partial charge in [-0.15, -0.1) is 0 Å². The minimum atomic E-state index is -0.546. The van der Waals surface area contributed by atoms with E-state index >= 15 is 0 Å². The zero-order valence-corrected chi connectivity index (χ0v) is 23.6. The average Bonchev–Trinajstić information content (AvgIpc) is 2.92. The Labute approximate surface area is 225 Å². The fourth-order valence-electron chi connectivity index (χ4n) is 4.34. The van der Waals surface area contributed by atoms with E-state index in [0.717, 1.165) is 5.66 Å². The summed E-state index contributed by atoms with van der Waals surface area (Å²) < 4.78 is 0. The van der Waals surface area contributed by atoms with E-state index in [2.05, 4.69) is 84.9 Å². The third-order valence-electron chi connectivity index (χ3n) is 5.94. The fourth-order valence-corrected chi connectivity index (χ4v) is 9.36. The predicted octanol–water partition coefficient (Wildman–Crippen LogP) is 4.04. The van der Waals surface area contributed by atoms with Crippen LogP contribution in [0.25, 0.3) is 0 Å². The Kier molecular flexibility index (Phi) is 12.0. The van der Waals surface area contributed by atoms with Crippen molar-refractivity contribution in [2.75, 3.05) is 0 Å². The van der Waals surface area contributed by atoms with Gasteiger partial charge in [0.25, 0.3) is 0 Å². The van der Waals surface area contributed by atoms with Gasteiger partial charge in [0.05, 0.1) is 0 Å².